The predicted molar refractivity (Wildman–Crippen MR) is 220 cm³/mol. The molecule has 11 rings (SSSR count). The molecule has 0 atom stereocenters. The molecule has 0 aliphatic heterocycles. The lowest BCUT2D eigenvalue weighted by Gasteiger charge is -2.27. The first-order chi connectivity index (χ1) is 25.1. The molecule has 1 aliphatic rings. The summed E-state index contributed by atoms with van der Waals surface area (Å²) in [5, 5.41) is 15.6. The summed E-state index contributed by atoms with van der Waals surface area (Å²) in [6.45, 7) is 4.89. The van der Waals surface area contributed by atoms with Crippen molar-refractivity contribution >= 4 is 64.6 Å². The van der Waals surface area contributed by atoms with Gasteiger partial charge in [-0.3, -0.25) is 0 Å². The van der Waals surface area contributed by atoms with E-state index >= 15 is 0 Å². The summed E-state index contributed by atoms with van der Waals surface area (Å²) in [6.07, 6.45) is 0. The molecule has 10 aromatic carbocycles. The maximum Gasteiger partial charge on any atom is 0.0171 e. The molecule has 0 aromatic heterocycles. The molecule has 0 saturated carbocycles. The monoisotopic (exact) mass is 646 g/mol. The molecule has 0 unspecified atom stereocenters. The van der Waals surface area contributed by atoms with Gasteiger partial charge in [-0.1, -0.05) is 178 Å². The van der Waals surface area contributed by atoms with Gasteiger partial charge in [0.05, 0.1) is 0 Å². The van der Waals surface area contributed by atoms with Crippen LogP contribution < -0.4 is 0 Å². The molecule has 0 heterocycles. The number of hydrogen-bond donors (Lipinski definition) is 0. The molecule has 0 N–H and O–H groups in total. The quantitative estimate of drug-likeness (QED) is 0.129. The van der Waals surface area contributed by atoms with Crippen LogP contribution >= 0.6 is 0 Å². The molecule has 1 aliphatic carbocycles. The van der Waals surface area contributed by atoms with Gasteiger partial charge in [0.15, 0.2) is 0 Å². The van der Waals surface area contributed by atoms with Gasteiger partial charge in [-0.25, -0.2) is 0 Å². The van der Waals surface area contributed by atoms with Gasteiger partial charge < -0.3 is 0 Å². The van der Waals surface area contributed by atoms with Crippen LogP contribution in [0, 0.1) is 0 Å². The Bertz CT molecular complexity index is 3050. The van der Waals surface area contributed by atoms with E-state index in [0.717, 1.165) is 0 Å². The highest BCUT2D eigenvalue weighted by atomic mass is 14.4. The third-order valence-electron chi connectivity index (χ3n) is 11.8. The molecular weight excluding hydrogens is 613 g/mol. The van der Waals surface area contributed by atoms with Gasteiger partial charge in [0, 0.05) is 5.41 Å². The number of rotatable bonds is 2. The van der Waals surface area contributed by atoms with Crippen molar-refractivity contribution < 1.29 is 0 Å². The molecule has 0 radical (unpaired) electrons. The molecule has 0 spiro atoms. The van der Waals surface area contributed by atoms with Crippen molar-refractivity contribution in [3.8, 4) is 33.4 Å². The van der Waals surface area contributed by atoms with E-state index in [1.54, 1.807) is 0 Å². The largest absolute Gasteiger partial charge is 0.0616 e. The minimum atomic E-state index is -0.222. The van der Waals surface area contributed by atoms with Crippen LogP contribution in [0.5, 0.6) is 0 Å². The standard InChI is InChI=1S/C51H34/c1-51(2)49-43(28-15-29-44(49)48-37-22-9-7-19-34(37)35-20-8-14-27-42(35)50(48)51)46-38-23-10-12-25-40(38)47(41-26-13-11-24-39(41)46)45-30-31-16-3-4-17-32(31)33-18-5-6-21-36(33)45/h3-30H,1-2H3. The van der Waals surface area contributed by atoms with Crippen molar-refractivity contribution in [1.82, 2.24) is 0 Å². The van der Waals surface area contributed by atoms with E-state index in [-0.39, 0.29) is 5.41 Å². The zero-order valence-electron chi connectivity index (χ0n) is 28.7. The Morgan fingerprint density at radius 2 is 0.647 bits per heavy atom. The normalized spacial score (nSPS) is 13.5. The lowest BCUT2D eigenvalue weighted by Crippen LogP contribution is -2.17. The minimum absolute atomic E-state index is 0.222. The molecule has 10 aromatic rings. The Balaban J connectivity index is 1.28. The van der Waals surface area contributed by atoms with E-state index in [1.165, 1.54) is 109 Å². The van der Waals surface area contributed by atoms with Gasteiger partial charge in [-0.2, -0.15) is 0 Å². The van der Waals surface area contributed by atoms with E-state index in [2.05, 4.69) is 184 Å². The maximum atomic E-state index is 2.45. The summed E-state index contributed by atoms with van der Waals surface area (Å²) in [6, 6.07) is 63.4. The van der Waals surface area contributed by atoms with E-state index < -0.39 is 0 Å². The van der Waals surface area contributed by atoms with Gasteiger partial charge in [0.2, 0.25) is 0 Å². The Hall–Kier alpha value is -6.24. The number of hydrogen-bond acceptors (Lipinski definition) is 0. The molecule has 0 nitrogen and oxygen atoms in total. The Kier molecular flexibility index (Phi) is 5.82. The smallest absolute Gasteiger partial charge is 0.0171 e. The highest BCUT2D eigenvalue weighted by Crippen LogP contribution is 2.58. The summed E-state index contributed by atoms with van der Waals surface area (Å²) >= 11 is 0. The van der Waals surface area contributed by atoms with E-state index in [9.17, 15) is 0 Å². The van der Waals surface area contributed by atoms with Gasteiger partial charge >= 0.3 is 0 Å². The van der Waals surface area contributed by atoms with Crippen LogP contribution in [-0.4, -0.2) is 0 Å². The van der Waals surface area contributed by atoms with Gasteiger partial charge in [-0.15, -0.1) is 0 Å². The lowest BCUT2D eigenvalue weighted by molar-refractivity contribution is 0.668. The average Bonchev–Trinajstić information content (AvgIpc) is 3.44. The predicted octanol–water partition coefficient (Wildman–Crippen LogP) is 14.2. The second-order valence-corrected chi connectivity index (χ2v) is 14.7. The van der Waals surface area contributed by atoms with E-state index in [0.29, 0.717) is 0 Å². The second kappa shape index (κ2) is 10.4. The second-order valence-electron chi connectivity index (χ2n) is 14.7. The summed E-state index contributed by atoms with van der Waals surface area (Å²) < 4.78 is 0. The molecule has 0 bridgehead atoms. The SMILES string of the molecule is CC1(C)c2c(-c3c4ccccc4c(-c4cc5ccccc5c5ccccc45)c4ccccc34)cccc2-c2c1c1ccccc1c1ccccc21. The maximum absolute atomic E-state index is 2.45. The first-order valence-electron chi connectivity index (χ1n) is 18.0. The average molecular weight is 647 g/mol. The van der Waals surface area contributed by atoms with Crippen LogP contribution in [0.25, 0.3) is 98.0 Å². The third kappa shape index (κ3) is 3.80. The first-order valence-corrected chi connectivity index (χ1v) is 18.0. The summed E-state index contributed by atoms with van der Waals surface area (Å²) in [4.78, 5) is 0. The summed E-state index contributed by atoms with van der Waals surface area (Å²) in [7, 11) is 0. The zero-order valence-corrected chi connectivity index (χ0v) is 28.7. The van der Waals surface area contributed by atoms with Crippen molar-refractivity contribution in [2.45, 2.75) is 19.3 Å². The fourth-order valence-electron chi connectivity index (χ4n) is 9.81. The number of benzene rings is 10. The Morgan fingerprint density at radius 1 is 0.275 bits per heavy atom. The molecular formula is C51H34. The van der Waals surface area contributed by atoms with Gasteiger partial charge in [-0.05, 0) is 115 Å². The fourth-order valence-corrected chi connectivity index (χ4v) is 9.81. The Labute approximate surface area is 297 Å². The molecule has 0 fully saturated rings. The van der Waals surface area contributed by atoms with Crippen LogP contribution in [0.3, 0.4) is 0 Å². The van der Waals surface area contributed by atoms with Gasteiger partial charge in [0.25, 0.3) is 0 Å². The van der Waals surface area contributed by atoms with Crippen LogP contribution in [0.2, 0.25) is 0 Å². The zero-order chi connectivity index (χ0) is 33.8. The highest BCUT2D eigenvalue weighted by Gasteiger charge is 2.40. The van der Waals surface area contributed by atoms with Crippen molar-refractivity contribution in [2.24, 2.45) is 0 Å². The van der Waals surface area contributed by atoms with Crippen molar-refractivity contribution in [3.63, 3.8) is 0 Å². The van der Waals surface area contributed by atoms with Crippen molar-refractivity contribution in [1.29, 1.82) is 0 Å². The number of fused-ring (bicyclic) bond motifs is 13. The Morgan fingerprint density at radius 3 is 1.22 bits per heavy atom. The van der Waals surface area contributed by atoms with Gasteiger partial charge in [0.1, 0.15) is 0 Å². The highest BCUT2D eigenvalue weighted by molar-refractivity contribution is 6.27. The van der Waals surface area contributed by atoms with Crippen LogP contribution in [0.4, 0.5) is 0 Å². The third-order valence-corrected chi connectivity index (χ3v) is 11.8. The van der Waals surface area contributed by atoms with Crippen LogP contribution in [-0.2, 0) is 5.41 Å². The minimum Gasteiger partial charge on any atom is -0.0616 e. The topological polar surface area (TPSA) is 0 Å². The summed E-state index contributed by atoms with van der Waals surface area (Å²) in [5.74, 6) is 0. The fraction of sp³-hybridized carbons (Fsp3) is 0.0588. The molecule has 51 heavy (non-hydrogen) atoms. The van der Waals surface area contributed by atoms with E-state index in [1.807, 2.05) is 0 Å². The van der Waals surface area contributed by atoms with E-state index in [4.69, 9.17) is 0 Å². The van der Waals surface area contributed by atoms with Crippen molar-refractivity contribution in [3.05, 3.63) is 181 Å². The summed E-state index contributed by atoms with van der Waals surface area (Å²) in [5.41, 5.74) is 10.6. The molecule has 0 heteroatoms. The molecule has 0 saturated heterocycles. The molecule has 0 amide bonds. The van der Waals surface area contributed by atoms with Crippen molar-refractivity contribution in [2.75, 3.05) is 0 Å². The molecule has 238 valence electrons. The lowest BCUT2D eigenvalue weighted by atomic mass is 9.75. The van der Waals surface area contributed by atoms with Crippen LogP contribution in [0.15, 0.2) is 170 Å². The first kappa shape index (κ1) is 28.6. The van der Waals surface area contributed by atoms with Crippen LogP contribution in [0.1, 0.15) is 25.0 Å².